The first-order valence-electron chi connectivity index (χ1n) is 7.94. The highest BCUT2D eigenvalue weighted by Crippen LogP contribution is 2.32. The summed E-state index contributed by atoms with van der Waals surface area (Å²) in [5.41, 5.74) is 2.78. The first-order chi connectivity index (χ1) is 12.2. The predicted octanol–water partition coefficient (Wildman–Crippen LogP) is 1.10. The summed E-state index contributed by atoms with van der Waals surface area (Å²) in [5.74, 6) is 0.149. The van der Waals surface area contributed by atoms with E-state index in [1.54, 1.807) is 6.07 Å². The van der Waals surface area contributed by atoms with Crippen molar-refractivity contribution in [2.24, 2.45) is 0 Å². The number of nitrogens with zero attached hydrogens (tertiary/aromatic N) is 1. The normalized spacial score (nSPS) is 14.1. The summed E-state index contributed by atoms with van der Waals surface area (Å²) in [5, 5.41) is 6.68. The van der Waals surface area contributed by atoms with Crippen molar-refractivity contribution in [2.75, 3.05) is 13.2 Å². The summed E-state index contributed by atoms with van der Waals surface area (Å²) in [6, 6.07) is 5.80. The molecule has 0 bridgehead atoms. The fraction of sp³-hybridized carbons (Fsp3) is 0.375. The molecule has 140 valence electrons. The van der Waals surface area contributed by atoms with Gasteiger partial charge in [0, 0.05) is 17.2 Å². The van der Waals surface area contributed by atoms with Gasteiger partial charge >= 0.3 is 0 Å². The van der Waals surface area contributed by atoms with E-state index in [1.807, 2.05) is 20.8 Å². The predicted molar refractivity (Wildman–Crippen MR) is 92.5 cm³/mol. The Labute approximate surface area is 151 Å². The molecule has 2 heterocycles. The maximum atomic E-state index is 12.4. The van der Waals surface area contributed by atoms with Gasteiger partial charge in [-0.25, -0.2) is 8.42 Å². The standard InChI is InChI=1S/C16H20N4O5S/c1-16(2,3)14-9-11(17-18-14)15(21)19-20-26(22,23)10-4-5-12-13(8-10)25-7-6-24-12/h4-5,8-9,20H,6-7H2,1-3H3,(H,17,18)(H,19,21). The van der Waals surface area contributed by atoms with Gasteiger partial charge in [-0.05, 0) is 18.2 Å². The van der Waals surface area contributed by atoms with Crippen molar-refractivity contribution in [3.63, 3.8) is 0 Å². The van der Waals surface area contributed by atoms with E-state index in [2.05, 4.69) is 20.5 Å². The van der Waals surface area contributed by atoms with Crippen LogP contribution in [0.25, 0.3) is 0 Å². The molecule has 1 aromatic carbocycles. The van der Waals surface area contributed by atoms with Gasteiger partial charge in [-0.15, -0.1) is 4.83 Å². The monoisotopic (exact) mass is 380 g/mol. The molecule has 1 aromatic heterocycles. The van der Waals surface area contributed by atoms with Crippen molar-refractivity contribution in [3.8, 4) is 11.5 Å². The molecule has 1 aliphatic rings. The molecule has 26 heavy (non-hydrogen) atoms. The third-order valence-corrected chi connectivity index (χ3v) is 4.99. The van der Waals surface area contributed by atoms with Crippen molar-refractivity contribution < 1.29 is 22.7 Å². The Bertz CT molecular complexity index is 930. The molecule has 0 radical (unpaired) electrons. The van der Waals surface area contributed by atoms with Gasteiger partial charge in [-0.3, -0.25) is 15.3 Å². The number of aromatic amines is 1. The second-order valence-corrected chi connectivity index (χ2v) is 8.46. The summed E-state index contributed by atoms with van der Waals surface area (Å²) < 4.78 is 35.5. The van der Waals surface area contributed by atoms with Crippen LogP contribution in [0.4, 0.5) is 0 Å². The van der Waals surface area contributed by atoms with Gasteiger partial charge in [0.25, 0.3) is 15.9 Å². The zero-order valence-electron chi connectivity index (χ0n) is 14.6. The fourth-order valence-electron chi connectivity index (χ4n) is 2.25. The van der Waals surface area contributed by atoms with Crippen LogP contribution in [0.2, 0.25) is 0 Å². The molecule has 0 saturated carbocycles. The van der Waals surface area contributed by atoms with Crippen molar-refractivity contribution in [3.05, 3.63) is 35.7 Å². The lowest BCUT2D eigenvalue weighted by molar-refractivity contribution is 0.0940. The molecule has 0 fully saturated rings. The zero-order chi connectivity index (χ0) is 18.9. The number of aromatic nitrogens is 2. The van der Waals surface area contributed by atoms with Crippen molar-refractivity contribution in [1.29, 1.82) is 0 Å². The Kier molecular flexibility index (Phi) is 4.63. The number of hydrogen-bond acceptors (Lipinski definition) is 6. The molecule has 9 nitrogen and oxygen atoms in total. The summed E-state index contributed by atoms with van der Waals surface area (Å²) in [4.78, 5) is 14.1. The van der Waals surface area contributed by atoms with E-state index in [4.69, 9.17) is 9.47 Å². The SMILES string of the molecule is CC(C)(C)c1cc(C(=O)NNS(=O)(=O)c2ccc3c(c2)OCCO3)n[nH]1. The van der Waals surface area contributed by atoms with E-state index >= 15 is 0 Å². The quantitative estimate of drug-likeness (QED) is 0.683. The van der Waals surface area contributed by atoms with Crippen LogP contribution in [0.1, 0.15) is 37.0 Å². The lowest BCUT2D eigenvalue weighted by atomic mass is 9.92. The van der Waals surface area contributed by atoms with E-state index in [1.165, 1.54) is 18.2 Å². The van der Waals surface area contributed by atoms with Gasteiger partial charge in [-0.1, -0.05) is 20.8 Å². The Morgan fingerprint density at radius 2 is 1.85 bits per heavy atom. The fourth-order valence-corrected chi connectivity index (χ4v) is 3.10. The summed E-state index contributed by atoms with van der Waals surface area (Å²) in [6.07, 6.45) is 0. The second kappa shape index (κ2) is 6.61. The number of hydrogen-bond donors (Lipinski definition) is 3. The molecule has 0 spiro atoms. The highest BCUT2D eigenvalue weighted by molar-refractivity contribution is 7.89. The molecule has 3 N–H and O–H groups in total. The lowest BCUT2D eigenvalue weighted by Crippen LogP contribution is -2.41. The van der Waals surface area contributed by atoms with Crippen LogP contribution >= 0.6 is 0 Å². The number of sulfonamides is 1. The maximum Gasteiger partial charge on any atom is 0.286 e. The molecule has 0 saturated heterocycles. The van der Waals surface area contributed by atoms with Gasteiger partial charge in [-0.2, -0.15) is 5.10 Å². The minimum absolute atomic E-state index is 0.0561. The Morgan fingerprint density at radius 1 is 1.15 bits per heavy atom. The van der Waals surface area contributed by atoms with E-state index in [9.17, 15) is 13.2 Å². The van der Waals surface area contributed by atoms with Crippen molar-refractivity contribution in [2.45, 2.75) is 31.1 Å². The zero-order valence-corrected chi connectivity index (χ0v) is 15.4. The average Bonchev–Trinajstić information content (AvgIpc) is 3.10. The van der Waals surface area contributed by atoms with Gasteiger partial charge in [0.15, 0.2) is 17.2 Å². The number of rotatable bonds is 4. The van der Waals surface area contributed by atoms with Crippen molar-refractivity contribution in [1.82, 2.24) is 20.5 Å². The second-order valence-electron chi connectivity index (χ2n) is 6.78. The lowest BCUT2D eigenvalue weighted by Gasteiger charge is -2.18. The number of H-pyrrole nitrogens is 1. The molecule has 0 atom stereocenters. The third kappa shape index (κ3) is 3.81. The Morgan fingerprint density at radius 3 is 2.50 bits per heavy atom. The maximum absolute atomic E-state index is 12.4. The largest absolute Gasteiger partial charge is 0.486 e. The van der Waals surface area contributed by atoms with Crippen LogP contribution in [0.5, 0.6) is 11.5 Å². The number of benzene rings is 1. The van der Waals surface area contributed by atoms with Crippen LogP contribution in [-0.4, -0.2) is 37.7 Å². The molecule has 1 aliphatic heterocycles. The van der Waals surface area contributed by atoms with E-state index in [-0.39, 0.29) is 16.0 Å². The molecule has 2 aromatic rings. The van der Waals surface area contributed by atoms with Crippen LogP contribution in [-0.2, 0) is 15.4 Å². The number of hydrazine groups is 1. The number of carbonyl (C=O) groups is 1. The summed E-state index contributed by atoms with van der Waals surface area (Å²) in [7, 11) is -3.97. The van der Waals surface area contributed by atoms with Crippen LogP contribution in [0.15, 0.2) is 29.2 Å². The molecule has 10 heteroatoms. The number of carbonyl (C=O) groups excluding carboxylic acids is 1. The minimum Gasteiger partial charge on any atom is -0.486 e. The van der Waals surface area contributed by atoms with Gasteiger partial charge in [0.05, 0.1) is 4.90 Å². The number of nitrogens with one attached hydrogen (secondary N) is 3. The van der Waals surface area contributed by atoms with E-state index in [0.717, 1.165) is 5.69 Å². The van der Waals surface area contributed by atoms with Gasteiger partial charge in [0.2, 0.25) is 0 Å². The Hall–Kier alpha value is -2.59. The number of ether oxygens (including phenoxy) is 2. The van der Waals surface area contributed by atoms with Gasteiger partial charge in [0.1, 0.15) is 13.2 Å². The van der Waals surface area contributed by atoms with E-state index in [0.29, 0.717) is 24.7 Å². The molecule has 3 rings (SSSR count). The Balaban J connectivity index is 1.70. The van der Waals surface area contributed by atoms with Gasteiger partial charge < -0.3 is 9.47 Å². The summed E-state index contributed by atoms with van der Waals surface area (Å²) in [6.45, 7) is 6.65. The number of amides is 1. The average molecular weight is 380 g/mol. The topological polar surface area (TPSA) is 122 Å². The third-order valence-electron chi connectivity index (χ3n) is 3.74. The van der Waals surface area contributed by atoms with Crippen LogP contribution in [0.3, 0.4) is 0 Å². The molecular formula is C16H20N4O5S. The molecular weight excluding hydrogens is 360 g/mol. The van der Waals surface area contributed by atoms with Crippen molar-refractivity contribution >= 4 is 15.9 Å². The minimum atomic E-state index is -3.97. The molecule has 1 amide bonds. The summed E-state index contributed by atoms with van der Waals surface area (Å²) >= 11 is 0. The highest BCUT2D eigenvalue weighted by Gasteiger charge is 2.22. The van der Waals surface area contributed by atoms with Crippen LogP contribution < -0.4 is 19.7 Å². The highest BCUT2D eigenvalue weighted by atomic mass is 32.2. The molecule has 0 aliphatic carbocycles. The number of fused-ring (bicyclic) bond motifs is 1. The van der Waals surface area contributed by atoms with E-state index < -0.39 is 15.9 Å². The smallest absolute Gasteiger partial charge is 0.286 e. The first-order valence-corrected chi connectivity index (χ1v) is 9.43. The van der Waals surface area contributed by atoms with Crippen LogP contribution in [0, 0.1) is 0 Å². The first kappa shape index (κ1) is 18.2. The molecule has 0 unspecified atom stereocenters.